The summed E-state index contributed by atoms with van der Waals surface area (Å²) in [5.41, 5.74) is 3.28. The van der Waals surface area contributed by atoms with E-state index >= 15 is 0 Å². The molecule has 0 radical (unpaired) electrons. The number of hydrogen-bond acceptors (Lipinski definition) is 3. The van der Waals surface area contributed by atoms with Gasteiger partial charge in [-0.1, -0.05) is 36.9 Å². The third kappa shape index (κ3) is 2.62. The van der Waals surface area contributed by atoms with Crippen molar-refractivity contribution in [3.05, 3.63) is 30.3 Å². The summed E-state index contributed by atoms with van der Waals surface area (Å²) < 4.78 is 0. The van der Waals surface area contributed by atoms with Crippen molar-refractivity contribution in [1.29, 1.82) is 0 Å². The zero-order chi connectivity index (χ0) is 12.3. The number of aromatic amines is 1. The van der Waals surface area contributed by atoms with Crippen LogP contribution in [0.15, 0.2) is 35.4 Å². The van der Waals surface area contributed by atoms with Gasteiger partial charge in [-0.15, -0.1) is 0 Å². The Balaban J connectivity index is 2.19. The third-order valence-electron chi connectivity index (χ3n) is 2.58. The highest BCUT2D eigenvalue weighted by Gasteiger charge is 2.17. The molecule has 1 atom stereocenters. The number of nitrogens with two attached hydrogens (primary N) is 1. The Bertz CT molecular complexity index is 490. The van der Waals surface area contributed by atoms with Crippen LogP contribution in [0.25, 0.3) is 10.9 Å². The van der Waals surface area contributed by atoms with Crippen LogP contribution in [-0.2, 0) is 4.79 Å². The molecule has 17 heavy (non-hydrogen) atoms. The Hall–Kier alpha value is -1.46. The van der Waals surface area contributed by atoms with E-state index in [1.165, 1.54) is 11.8 Å². The molecule has 90 valence electrons. The molecule has 0 saturated heterocycles. The standard InChI is InChI=1S/C12H15N3OS/c1-2-10(12(16)15-13)17-11-7-8-5-3-4-6-9(8)14-11/h3-7,10,14H,2,13H2,1H3,(H,15,16). The van der Waals surface area contributed by atoms with E-state index < -0.39 is 0 Å². The number of benzene rings is 1. The van der Waals surface area contributed by atoms with Gasteiger partial charge in [0.15, 0.2) is 0 Å². The molecule has 2 rings (SSSR count). The summed E-state index contributed by atoms with van der Waals surface area (Å²) in [5, 5.41) is 1.98. The molecular weight excluding hydrogens is 234 g/mol. The van der Waals surface area contributed by atoms with E-state index in [1.807, 2.05) is 37.3 Å². The summed E-state index contributed by atoms with van der Waals surface area (Å²) in [6.07, 6.45) is 0.739. The van der Waals surface area contributed by atoms with Crippen LogP contribution in [0.5, 0.6) is 0 Å². The number of carbonyl (C=O) groups is 1. The fourth-order valence-corrected chi connectivity index (χ4v) is 2.69. The van der Waals surface area contributed by atoms with Crippen molar-refractivity contribution in [2.24, 2.45) is 5.84 Å². The van der Waals surface area contributed by atoms with E-state index in [2.05, 4.69) is 10.4 Å². The summed E-state index contributed by atoms with van der Waals surface area (Å²) in [7, 11) is 0. The van der Waals surface area contributed by atoms with Crippen LogP contribution in [0.4, 0.5) is 0 Å². The molecule has 0 saturated carbocycles. The van der Waals surface area contributed by atoms with Crippen molar-refractivity contribution in [2.75, 3.05) is 0 Å². The second kappa shape index (κ2) is 5.25. The smallest absolute Gasteiger partial charge is 0.247 e. The van der Waals surface area contributed by atoms with Crippen molar-refractivity contribution < 1.29 is 4.79 Å². The average molecular weight is 249 g/mol. The van der Waals surface area contributed by atoms with Crippen molar-refractivity contribution in [2.45, 2.75) is 23.6 Å². The summed E-state index contributed by atoms with van der Waals surface area (Å²) in [6.45, 7) is 1.97. The summed E-state index contributed by atoms with van der Waals surface area (Å²) in [4.78, 5) is 14.8. The molecule has 0 aliphatic heterocycles. The number of carbonyl (C=O) groups excluding carboxylic acids is 1. The van der Waals surface area contributed by atoms with Crippen LogP contribution < -0.4 is 11.3 Å². The Morgan fingerprint density at radius 1 is 1.53 bits per heavy atom. The zero-order valence-corrected chi connectivity index (χ0v) is 10.4. The summed E-state index contributed by atoms with van der Waals surface area (Å²) >= 11 is 1.50. The highest BCUT2D eigenvalue weighted by molar-refractivity contribution is 8.00. The molecule has 0 spiro atoms. The summed E-state index contributed by atoms with van der Waals surface area (Å²) in [6, 6.07) is 10.1. The van der Waals surface area contributed by atoms with Gasteiger partial charge in [0.05, 0.1) is 10.3 Å². The Kier molecular flexibility index (Phi) is 3.71. The first-order valence-corrected chi connectivity index (χ1v) is 6.37. The number of rotatable bonds is 4. The van der Waals surface area contributed by atoms with Gasteiger partial charge >= 0.3 is 0 Å². The van der Waals surface area contributed by atoms with Crippen LogP contribution in [0.3, 0.4) is 0 Å². The van der Waals surface area contributed by atoms with E-state index in [-0.39, 0.29) is 11.2 Å². The van der Waals surface area contributed by atoms with Gasteiger partial charge in [0.1, 0.15) is 0 Å². The Morgan fingerprint density at radius 2 is 2.29 bits per heavy atom. The first-order valence-electron chi connectivity index (χ1n) is 5.49. The minimum Gasteiger partial charge on any atom is -0.350 e. The van der Waals surface area contributed by atoms with Crippen molar-refractivity contribution in [3.8, 4) is 0 Å². The van der Waals surface area contributed by atoms with Crippen LogP contribution in [0, 0.1) is 0 Å². The first-order chi connectivity index (χ1) is 8.24. The molecule has 5 heteroatoms. The number of amides is 1. The van der Waals surface area contributed by atoms with E-state index in [1.54, 1.807) is 0 Å². The number of thioether (sulfide) groups is 1. The SMILES string of the molecule is CCC(Sc1cc2ccccc2[nH]1)C(=O)NN. The second-order valence-corrected chi connectivity index (χ2v) is 4.99. The van der Waals surface area contributed by atoms with E-state index in [4.69, 9.17) is 5.84 Å². The molecule has 0 aliphatic rings. The molecule has 1 aromatic heterocycles. The molecule has 4 nitrogen and oxygen atoms in total. The summed E-state index contributed by atoms with van der Waals surface area (Å²) in [5.74, 6) is 5.01. The van der Waals surface area contributed by atoms with E-state index in [0.29, 0.717) is 0 Å². The molecule has 2 aromatic rings. The monoisotopic (exact) mass is 249 g/mol. The minimum atomic E-state index is -0.159. The van der Waals surface area contributed by atoms with Gasteiger partial charge in [0.2, 0.25) is 5.91 Å². The highest BCUT2D eigenvalue weighted by Crippen LogP contribution is 2.28. The van der Waals surface area contributed by atoms with Gasteiger partial charge in [0, 0.05) is 10.9 Å². The lowest BCUT2D eigenvalue weighted by Gasteiger charge is -2.10. The minimum absolute atomic E-state index is 0.142. The fourth-order valence-electron chi connectivity index (χ4n) is 1.68. The topological polar surface area (TPSA) is 70.9 Å². The predicted octanol–water partition coefficient (Wildman–Crippen LogP) is 2.03. The van der Waals surface area contributed by atoms with Gasteiger partial charge in [0.25, 0.3) is 0 Å². The van der Waals surface area contributed by atoms with Gasteiger partial charge in [-0.25, -0.2) is 5.84 Å². The van der Waals surface area contributed by atoms with Gasteiger partial charge in [-0.2, -0.15) is 0 Å². The number of H-pyrrole nitrogens is 1. The van der Waals surface area contributed by atoms with Crippen LogP contribution >= 0.6 is 11.8 Å². The van der Waals surface area contributed by atoms with E-state index in [9.17, 15) is 4.79 Å². The normalized spacial score (nSPS) is 12.6. The lowest BCUT2D eigenvalue weighted by Crippen LogP contribution is -2.37. The number of aromatic nitrogens is 1. The maximum absolute atomic E-state index is 11.5. The largest absolute Gasteiger partial charge is 0.350 e. The van der Waals surface area contributed by atoms with Gasteiger partial charge in [-0.3, -0.25) is 10.2 Å². The van der Waals surface area contributed by atoms with Crippen molar-refractivity contribution in [3.63, 3.8) is 0 Å². The molecule has 1 aromatic carbocycles. The maximum Gasteiger partial charge on any atom is 0.247 e. The molecular formula is C12H15N3OS. The van der Waals surface area contributed by atoms with Crippen LogP contribution in [0.2, 0.25) is 0 Å². The molecule has 0 aliphatic carbocycles. The number of fused-ring (bicyclic) bond motifs is 1. The van der Waals surface area contributed by atoms with Crippen LogP contribution in [-0.4, -0.2) is 16.1 Å². The molecule has 4 N–H and O–H groups in total. The van der Waals surface area contributed by atoms with Crippen LogP contribution in [0.1, 0.15) is 13.3 Å². The highest BCUT2D eigenvalue weighted by atomic mass is 32.2. The third-order valence-corrected chi connectivity index (χ3v) is 3.89. The molecule has 1 amide bonds. The van der Waals surface area contributed by atoms with E-state index in [0.717, 1.165) is 22.3 Å². The molecule has 1 unspecified atom stereocenters. The Labute approximate surface area is 104 Å². The lowest BCUT2D eigenvalue weighted by atomic mass is 10.3. The molecule has 1 heterocycles. The first kappa shape index (κ1) is 12.0. The molecule has 0 bridgehead atoms. The number of nitrogens with one attached hydrogen (secondary N) is 2. The number of hydrogen-bond donors (Lipinski definition) is 3. The Morgan fingerprint density at radius 3 is 2.94 bits per heavy atom. The van der Waals surface area contributed by atoms with Crippen molar-refractivity contribution in [1.82, 2.24) is 10.4 Å². The quantitative estimate of drug-likeness (QED) is 0.336. The van der Waals surface area contributed by atoms with Gasteiger partial charge in [-0.05, 0) is 18.6 Å². The fraction of sp³-hybridized carbons (Fsp3) is 0.250. The number of para-hydroxylation sites is 1. The number of hydrazine groups is 1. The predicted molar refractivity (Wildman–Crippen MR) is 70.6 cm³/mol. The lowest BCUT2D eigenvalue weighted by molar-refractivity contribution is -0.120. The second-order valence-electron chi connectivity index (χ2n) is 3.74. The maximum atomic E-state index is 11.5. The van der Waals surface area contributed by atoms with Gasteiger partial charge < -0.3 is 4.98 Å². The average Bonchev–Trinajstić information content (AvgIpc) is 2.77. The molecule has 0 fully saturated rings. The van der Waals surface area contributed by atoms with Crippen molar-refractivity contribution >= 4 is 28.6 Å². The zero-order valence-electron chi connectivity index (χ0n) is 9.57.